The summed E-state index contributed by atoms with van der Waals surface area (Å²) in [6.07, 6.45) is 5.28. The van der Waals surface area contributed by atoms with E-state index in [1.807, 2.05) is 0 Å². The van der Waals surface area contributed by atoms with Gasteiger partial charge in [-0.25, -0.2) is 0 Å². The van der Waals surface area contributed by atoms with Crippen LogP contribution in [0.4, 0.5) is 0 Å². The minimum atomic E-state index is -1.12. The maximum absolute atomic E-state index is 13.5. The lowest BCUT2D eigenvalue weighted by Gasteiger charge is -2.42. The summed E-state index contributed by atoms with van der Waals surface area (Å²) in [6, 6.07) is 2.72. The third-order valence-electron chi connectivity index (χ3n) is 7.36. The van der Waals surface area contributed by atoms with Gasteiger partial charge in [0, 0.05) is 32.2 Å². The molecule has 3 atom stereocenters. The average Bonchev–Trinajstić information content (AvgIpc) is 2.95. The number of halogens is 1. The monoisotopic (exact) mass is 660 g/mol. The van der Waals surface area contributed by atoms with Gasteiger partial charge in [0.05, 0.1) is 43.0 Å². The number of methoxy groups -OCH3 is 2. The number of nitrogens with one attached hydrogen (secondary N) is 1. The first-order chi connectivity index (χ1) is 18.8. The van der Waals surface area contributed by atoms with Crippen LogP contribution >= 0.6 is 22.6 Å². The second-order valence-electron chi connectivity index (χ2n) is 10.1. The summed E-state index contributed by atoms with van der Waals surface area (Å²) in [5.74, 6) is 0.558. The summed E-state index contributed by atoms with van der Waals surface area (Å²) in [6.45, 7) is 0.460. The number of aliphatic hydroxyl groups excluding tert-OH is 3. The van der Waals surface area contributed by atoms with Crippen LogP contribution in [0, 0.1) is 9.49 Å². The lowest BCUT2D eigenvalue weighted by atomic mass is 9.85. The molecule has 0 heterocycles. The van der Waals surface area contributed by atoms with Gasteiger partial charge in [0.25, 0.3) is 0 Å². The summed E-state index contributed by atoms with van der Waals surface area (Å²) < 4.78 is 17.6. The van der Waals surface area contributed by atoms with Crippen LogP contribution in [0.5, 0.6) is 11.5 Å². The molecule has 1 saturated carbocycles. The molecule has 1 fully saturated rings. The van der Waals surface area contributed by atoms with Crippen molar-refractivity contribution in [3.63, 3.8) is 0 Å². The Morgan fingerprint density at radius 2 is 1.90 bits per heavy atom. The van der Waals surface area contributed by atoms with Gasteiger partial charge in [-0.05, 0) is 65.1 Å². The molecule has 0 radical (unpaired) electrons. The van der Waals surface area contributed by atoms with Crippen molar-refractivity contribution in [1.82, 2.24) is 10.2 Å². The number of amides is 2. The Hall–Kier alpha value is -1.93. The summed E-state index contributed by atoms with van der Waals surface area (Å²) in [7, 11) is 3.03. The number of hydrogen-bond donors (Lipinski definition) is 4. The Balaban J connectivity index is 1.97. The van der Waals surface area contributed by atoms with E-state index in [2.05, 4.69) is 27.9 Å². The van der Waals surface area contributed by atoms with E-state index in [9.17, 15) is 24.9 Å². The van der Waals surface area contributed by atoms with Gasteiger partial charge in [-0.1, -0.05) is 19.3 Å². The zero-order chi connectivity index (χ0) is 28.4. The van der Waals surface area contributed by atoms with Gasteiger partial charge in [0.1, 0.15) is 12.2 Å². The number of hydrogen-bond acceptors (Lipinski definition) is 8. The lowest BCUT2D eigenvalue weighted by Crippen LogP contribution is -2.56. The molecular weight excluding hydrogens is 619 g/mol. The summed E-state index contributed by atoms with van der Waals surface area (Å²) in [5, 5.41) is 33.1. The number of nitrogens with zero attached hydrogens (tertiary/aromatic N) is 1. The first kappa shape index (κ1) is 31.6. The molecule has 4 N–H and O–H groups in total. The molecule has 3 rings (SSSR count). The second-order valence-corrected chi connectivity index (χ2v) is 11.2. The smallest absolute Gasteiger partial charge is 0.247 e. The van der Waals surface area contributed by atoms with E-state index in [0.717, 1.165) is 25.7 Å². The molecule has 0 aromatic heterocycles. The van der Waals surface area contributed by atoms with E-state index in [-0.39, 0.29) is 51.0 Å². The molecule has 2 aliphatic carbocycles. The number of ether oxygens (including phenoxy) is 3. The quantitative estimate of drug-likeness (QED) is 0.237. The molecule has 39 heavy (non-hydrogen) atoms. The number of carbonyl (C=O) groups excluding carboxylic acids is 2. The van der Waals surface area contributed by atoms with Crippen molar-refractivity contribution >= 4 is 34.4 Å². The van der Waals surface area contributed by atoms with Gasteiger partial charge in [0.2, 0.25) is 11.8 Å². The van der Waals surface area contributed by atoms with Crippen molar-refractivity contribution < 1.29 is 39.1 Å². The van der Waals surface area contributed by atoms with E-state index < -0.39 is 18.2 Å². The van der Waals surface area contributed by atoms with Gasteiger partial charge in [0.15, 0.2) is 11.5 Å². The normalized spacial score (nSPS) is 21.7. The van der Waals surface area contributed by atoms with Crippen LogP contribution in [0.1, 0.15) is 50.5 Å². The highest BCUT2D eigenvalue weighted by Gasteiger charge is 2.41. The summed E-state index contributed by atoms with van der Waals surface area (Å²) >= 11 is 2.08. The molecule has 11 heteroatoms. The Morgan fingerprint density at radius 1 is 1.15 bits per heavy atom. The van der Waals surface area contributed by atoms with Crippen LogP contribution in [-0.2, 0) is 20.9 Å². The van der Waals surface area contributed by atoms with E-state index in [1.54, 1.807) is 30.2 Å². The zero-order valence-electron chi connectivity index (χ0n) is 22.7. The molecule has 10 nitrogen and oxygen atoms in total. The fourth-order valence-electron chi connectivity index (χ4n) is 5.30. The van der Waals surface area contributed by atoms with E-state index in [4.69, 9.17) is 14.2 Å². The van der Waals surface area contributed by atoms with Crippen LogP contribution in [0.3, 0.4) is 0 Å². The molecule has 2 amide bonds. The maximum atomic E-state index is 13.5. The average molecular weight is 661 g/mol. The lowest BCUT2D eigenvalue weighted by molar-refractivity contribution is -0.140. The molecule has 0 unspecified atom stereocenters. The Kier molecular flexibility index (Phi) is 12.8. The van der Waals surface area contributed by atoms with Crippen molar-refractivity contribution in [2.75, 3.05) is 40.5 Å². The van der Waals surface area contributed by atoms with Gasteiger partial charge in [-0.15, -0.1) is 0 Å². The molecule has 0 aliphatic heterocycles. The van der Waals surface area contributed by atoms with Crippen molar-refractivity contribution in [3.05, 3.63) is 32.9 Å². The second kappa shape index (κ2) is 15.8. The highest BCUT2D eigenvalue weighted by atomic mass is 127. The predicted molar refractivity (Wildman–Crippen MR) is 153 cm³/mol. The topological polar surface area (TPSA) is 138 Å². The van der Waals surface area contributed by atoms with Crippen LogP contribution in [-0.4, -0.2) is 90.8 Å². The third-order valence-corrected chi connectivity index (χ3v) is 8.16. The molecular formula is C28H41IN2O8. The standard InChI is InChI=1S/C28H41IN2O8/c1-37-11-8-25(34)31(16-18-6-4-3-5-7-18)22-14-20(28(36)30-9-10-32)15-23(26(22)35)39-27-21(29)12-19(17-33)13-24(27)38-2/h12-13,15,18,22-23,26,32-33,35H,3-11,14,16-17H2,1-2H3,(H,30,36)/t22-,23+,26+/m1/s1. The van der Waals surface area contributed by atoms with Crippen molar-refractivity contribution in [1.29, 1.82) is 0 Å². The minimum absolute atomic E-state index is 0.0851. The molecule has 0 bridgehead atoms. The summed E-state index contributed by atoms with van der Waals surface area (Å²) in [4.78, 5) is 28.2. The fraction of sp³-hybridized carbons (Fsp3) is 0.643. The molecule has 0 saturated heterocycles. The maximum Gasteiger partial charge on any atom is 0.247 e. The third kappa shape index (κ3) is 8.53. The molecule has 2 aliphatic rings. The van der Waals surface area contributed by atoms with Gasteiger partial charge >= 0.3 is 0 Å². The highest BCUT2D eigenvalue weighted by molar-refractivity contribution is 14.1. The van der Waals surface area contributed by atoms with Gasteiger partial charge in [-0.3, -0.25) is 9.59 Å². The van der Waals surface area contributed by atoms with Gasteiger partial charge < -0.3 is 39.7 Å². The summed E-state index contributed by atoms with van der Waals surface area (Å²) in [5.41, 5.74) is 1.02. The zero-order valence-corrected chi connectivity index (χ0v) is 24.9. The molecule has 218 valence electrons. The predicted octanol–water partition coefficient (Wildman–Crippen LogP) is 2.15. The van der Waals surface area contributed by atoms with Crippen molar-refractivity contribution in [2.45, 2.75) is 69.8 Å². The number of benzene rings is 1. The first-order valence-electron chi connectivity index (χ1n) is 13.5. The Morgan fingerprint density at radius 3 is 2.54 bits per heavy atom. The Bertz CT molecular complexity index is 998. The Labute approximate surface area is 243 Å². The number of carbonyl (C=O) groups is 2. The van der Waals surface area contributed by atoms with E-state index in [0.29, 0.717) is 38.7 Å². The van der Waals surface area contributed by atoms with Gasteiger partial charge in [-0.2, -0.15) is 0 Å². The SMILES string of the molecule is COCCC(=O)N(CC1CCCCC1)[C@@H]1CC(C(=O)NCCO)=C[C@H](Oc2c(I)cc(CO)cc2OC)[C@H]1O. The van der Waals surface area contributed by atoms with E-state index in [1.165, 1.54) is 13.5 Å². The van der Waals surface area contributed by atoms with E-state index >= 15 is 0 Å². The minimum Gasteiger partial charge on any atom is -0.493 e. The largest absolute Gasteiger partial charge is 0.493 e. The highest BCUT2D eigenvalue weighted by Crippen LogP contribution is 2.37. The van der Waals surface area contributed by atoms with Crippen LogP contribution < -0.4 is 14.8 Å². The van der Waals surface area contributed by atoms with Crippen LogP contribution in [0.2, 0.25) is 0 Å². The first-order valence-corrected chi connectivity index (χ1v) is 14.6. The fourth-order valence-corrected chi connectivity index (χ4v) is 6.09. The van der Waals surface area contributed by atoms with Crippen molar-refractivity contribution in [3.8, 4) is 11.5 Å². The number of rotatable bonds is 13. The van der Waals surface area contributed by atoms with Crippen LogP contribution in [0.25, 0.3) is 0 Å². The number of aliphatic hydroxyl groups is 3. The molecule has 1 aromatic rings. The van der Waals surface area contributed by atoms with Crippen molar-refractivity contribution in [2.24, 2.45) is 5.92 Å². The van der Waals surface area contributed by atoms with Crippen LogP contribution in [0.15, 0.2) is 23.8 Å². The molecule has 0 spiro atoms. The molecule has 1 aromatic carbocycles.